The molecule has 0 amide bonds. The lowest BCUT2D eigenvalue weighted by molar-refractivity contribution is 0.460. The number of nitrogens with one attached hydrogen (secondary N) is 2. The van der Waals surface area contributed by atoms with Crippen molar-refractivity contribution in [2.45, 2.75) is 26.4 Å². The number of nitrogens with zero attached hydrogens (tertiary/aromatic N) is 2. The summed E-state index contributed by atoms with van der Waals surface area (Å²) in [6, 6.07) is 2.74. The van der Waals surface area contributed by atoms with Gasteiger partial charge in [-0.15, -0.1) is 5.10 Å². The van der Waals surface area contributed by atoms with Gasteiger partial charge in [0.2, 0.25) is 5.89 Å². The highest BCUT2D eigenvalue weighted by Gasteiger charge is 2.12. The maximum absolute atomic E-state index is 13.1. The average molecular weight is 319 g/mol. The molecule has 0 spiro atoms. The van der Waals surface area contributed by atoms with Crippen LogP contribution in [0.15, 0.2) is 16.5 Å². The summed E-state index contributed by atoms with van der Waals surface area (Å²) >= 11 is 11.8. The summed E-state index contributed by atoms with van der Waals surface area (Å²) in [7, 11) is 0. The Balaban J connectivity index is 2.11. The van der Waals surface area contributed by atoms with E-state index in [4.69, 9.17) is 27.6 Å². The lowest BCUT2D eigenvalue weighted by atomic mass is 10.3. The molecule has 0 bridgehead atoms. The fourth-order valence-electron chi connectivity index (χ4n) is 1.44. The van der Waals surface area contributed by atoms with Crippen LogP contribution in [0.2, 0.25) is 10.0 Å². The molecule has 108 valence electrons. The van der Waals surface area contributed by atoms with Crippen molar-refractivity contribution < 1.29 is 8.81 Å². The monoisotopic (exact) mass is 318 g/mol. The molecule has 8 heteroatoms. The molecule has 2 rings (SSSR count). The van der Waals surface area contributed by atoms with E-state index in [2.05, 4.69) is 20.8 Å². The quantitative estimate of drug-likeness (QED) is 0.878. The van der Waals surface area contributed by atoms with Gasteiger partial charge in [-0.3, -0.25) is 0 Å². The van der Waals surface area contributed by atoms with E-state index in [1.54, 1.807) is 0 Å². The van der Waals surface area contributed by atoms with Gasteiger partial charge in [0.25, 0.3) is 0 Å². The van der Waals surface area contributed by atoms with Crippen molar-refractivity contribution in [1.29, 1.82) is 0 Å². The van der Waals surface area contributed by atoms with Gasteiger partial charge in [0.05, 0.1) is 22.3 Å². The van der Waals surface area contributed by atoms with Crippen molar-refractivity contribution >= 4 is 34.9 Å². The molecule has 1 aromatic carbocycles. The number of halogens is 3. The Labute approximate surface area is 125 Å². The zero-order valence-electron chi connectivity index (χ0n) is 10.9. The molecule has 0 aliphatic heterocycles. The van der Waals surface area contributed by atoms with Crippen LogP contribution in [-0.2, 0) is 6.54 Å². The maximum atomic E-state index is 13.1. The molecule has 0 atom stereocenters. The molecule has 0 saturated carbocycles. The summed E-state index contributed by atoms with van der Waals surface area (Å²) < 4.78 is 18.4. The zero-order chi connectivity index (χ0) is 14.7. The fraction of sp³-hybridized carbons (Fsp3) is 0.333. The fourth-order valence-corrected chi connectivity index (χ4v) is 1.99. The predicted octanol–water partition coefficient (Wildman–Crippen LogP) is 3.76. The Bertz CT molecular complexity index is 580. The average Bonchev–Trinajstić information content (AvgIpc) is 2.79. The lowest BCUT2D eigenvalue weighted by Crippen LogP contribution is -2.21. The molecule has 1 heterocycles. The van der Waals surface area contributed by atoms with Crippen molar-refractivity contribution in [3.8, 4) is 0 Å². The molecular weight excluding hydrogens is 306 g/mol. The Kier molecular flexibility index (Phi) is 4.80. The normalized spacial score (nSPS) is 11.1. The zero-order valence-corrected chi connectivity index (χ0v) is 12.4. The highest BCUT2D eigenvalue weighted by Crippen LogP contribution is 2.33. The number of aromatic nitrogens is 2. The molecule has 20 heavy (non-hydrogen) atoms. The highest BCUT2D eigenvalue weighted by atomic mass is 35.5. The maximum Gasteiger partial charge on any atom is 0.320 e. The van der Waals surface area contributed by atoms with Crippen LogP contribution in [-0.4, -0.2) is 16.2 Å². The van der Waals surface area contributed by atoms with Gasteiger partial charge in [0, 0.05) is 6.04 Å². The summed E-state index contributed by atoms with van der Waals surface area (Å²) in [4.78, 5) is 0. The van der Waals surface area contributed by atoms with E-state index in [1.165, 1.54) is 0 Å². The Hall–Kier alpha value is -1.37. The van der Waals surface area contributed by atoms with Gasteiger partial charge >= 0.3 is 6.01 Å². The van der Waals surface area contributed by atoms with Crippen LogP contribution in [0.25, 0.3) is 0 Å². The van der Waals surface area contributed by atoms with E-state index in [0.717, 1.165) is 12.1 Å². The van der Waals surface area contributed by atoms with Gasteiger partial charge in [0.1, 0.15) is 5.82 Å². The van der Waals surface area contributed by atoms with E-state index in [9.17, 15) is 4.39 Å². The number of hydrogen-bond acceptors (Lipinski definition) is 5. The van der Waals surface area contributed by atoms with Crippen LogP contribution >= 0.6 is 23.2 Å². The molecule has 1 aromatic heterocycles. The van der Waals surface area contributed by atoms with E-state index in [0.29, 0.717) is 24.2 Å². The summed E-state index contributed by atoms with van der Waals surface area (Å²) in [5, 5.41) is 13.9. The van der Waals surface area contributed by atoms with E-state index in [-0.39, 0.29) is 16.1 Å². The highest BCUT2D eigenvalue weighted by molar-refractivity contribution is 6.39. The Morgan fingerprint density at radius 1 is 1.25 bits per heavy atom. The molecule has 0 radical (unpaired) electrons. The minimum absolute atomic E-state index is 0.134. The molecule has 2 N–H and O–H groups in total. The van der Waals surface area contributed by atoms with E-state index >= 15 is 0 Å². The standard InChI is InChI=1S/C12H13Cl2FN4O/c1-6(2)16-5-10-18-19-12(20-10)17-11-8(13)3-7(15)4-9(11)14/h3-4,6,16H,5H2,1-2H3,(H,17,19). The summed E-state index contributed by atoms with van der Waals surface area (Å²) in [5.74, 6) is -0.0894. The smallest absolute Gasteiger partial charge is 0.320 e. The van der Waals surface area contributed by atoms with Gasteiger partial charge in [-0.25, -0.2) is 4.39 Å². The number of rotatable bonds is 5. The minimum atomic E-state index is -0.516. The van der Waals surface area contributed by atoms with E-state index in [1.807, 2.05) is 13.8 Å². The van der Waals surface area contributed by atoms with Crippen molar-refractivity contribution in [2.24, 2.45) is 0 Å². The Morgan fingerprint density at radius 3 is 2.50 bits per heavy atom. The van der Waals surface area contributed by atoms with Gasteiger partial charge in [-0.1, -0.05) is 42.1 Å². The van der Waals surface area contributed by atoms with E-state index < -0.39 is 5.82 Å². The SMILES string of the molecule is CC(C)NCc1nnc(Nc2c(Cl)cc(F)cc2Cl)o1. The first-order valence-corrected chi connectivity index (χ1v) is 6.68. The van der Waals surface area contributed by atoms with Gasteiger partial charge in [-0.2, -0.15) is 0 Å². The molecule has 0 aliphatic carbocycles. The third-order valence-corrected chi connectivity index (χ3v) is 2.96. The Morgan fingerprint density at radius 2 is 1.90 bits per heavy atom. The third-order valence-electron chi connectivity index (χ3n) is 2.37. The van der Waals surface area contributed by atoms with Crippen molar-refractivity contribution in [3.05, 3.63) is 33.9 Å². The van der Waals surface area contributed by atoms with Crippen LogP contribution in [0, 0.1) is 5.82 Å². The van der Waals surface area contributed by atoms with Crippen molar-refractivity contribution in [3.63, 3.8) is 0 Å². The molecular formula is C12H13Cl2FN4O. The molecule has 0 unspecified atom stereocenters. The van der Waals surface area contributed by atoms with Crippen molar-refractivity contribution in [2.75, 3.05) is 5.32 Å². The number of hydrogen-bond donors (Lipinski definition) is 2. The number of benzene rings is 1. The minimum Gasteiger partial charge on any atom is -0.406 e. The second-order valence-corrected chi connectivity index (χ2v) is 5.22. The third kappa shape index (κ3) is 3.82. The second kappa shape index (κ2) is 6.39. The van der Waals surface area contributed by atoms with Gasteiger partial charge in [-0.05, 0) is 12.1 Å². The molecule has 5 nitrogen and oxygen atoms in total. The second-order valence-electron chi connectivity index (χ2n) is 4.41. The molecule has 0 aliphatic rings. The van der Waals surface area contributed by atoms with Crippen LogP contribution in [0.3, 0.4) is 0 Å². The first-order chi connectivity index (χ1) is 9.45. The van der Waals surface area contributed by atoms with Gasteiger partial charge in [0.15, 0.2) is 0 Å². The van der Waals surface area contributed by atoms with Gasteiger partial charge < -0.3 is 15.1 Å². The lowest BCUT2D eigenvalue weighted by Gasteiger charge is -2.06. The number of anilines is 2. The summed E-state index contributed by atoms with van der Waals surface area (Å²) in [5.41, 5.74) is 0.321. The van der Waals surface area contributed by atoms with Crippen LogP contribution in [0.5, 0.6) is 0 Å². The summed E-state index contributed by atoms with van der Waals surface area (Å²) in [6.07, 6.45) is 0. The van der Waals surface area contributed by atoms with Crippen LogP contribution < -0.4 is 10.6 Å². The van der Waals surface area contributed by atoms with Crippen LogP contribution in [0.4, 0.5) is 16.1 Å². The molecule has 0 fully saturated rings. The topological polar surface area (TPSA) is 63.0 Å². The molecule has 0 saturated heterocycles. The van der Waals surface area contributed by atoms with Crippen LogP contribution in [0.1, 0.15) is 19.7 Å². The first-order valence-electron chi connectivity index (χ1n) is 5.93. The van der Waals surface area contributed by atoms with Crippen molar-refractivity contribution in [1.82, 2.24) is 15.5 Å². The predicted molar refractivity (Wildman–Crippen MR) is 76.0 cm³/mol. The summed E-state index contributed by atoms with van der Waals surface area (Å²) in [6.45, 7) is 4.47. The molecule has 2 aromatic rings. The largest absolute Gasteiger partial charge is 0.406 e. The first kappa shape index (κ1) is 15.0.